The number of nitrogens with zero attached hydrogens (tertiary/aromatic N) is 4. The molecule has 2 N–H and O–H groups in total. The summed E-state index contributed by atoms with van der Waals surface area (Å²) in [6.45, 7) is 2.76. The van der Waals surface area contributed by atoms with E-state index in [0.29, 0.717) is 25.6 Å². The molecule has 1 aromatic heterocycles. The lowest BCUT2D eigenvalue weighted by Gasteiger charge is -2.24. The van der Waals surface area contributed by atoms with Crippen LogP contribution in [0.25, 0.3) is 0 Å². The molecule has 1 saturated heterocycles. The molecule has 8 nitrogen and oxygen atoms in total. The molecule has 0 bridgehead atoms. The average Bonchev–Trinajstić information content (AvgIpc) is 3.33. The molecule has 8 heteroatoms. The molecule has 0 unspecified atom stereocenters. The Morgan fingerprint density at radius 2 is 2.21 bits per heavy atom. The normalized spacial score (nSPS) is 19.2. The summed E-state index contributed by atoms with van der Waals surface area (Å²) in [7, 11) is 5.72. The molecule has 1 fully saturated rings. The van der Waals surface area contributed by atoms with E-state index >= 15 is 0 Å². The summed E-state index contributed by atoms with van der Waals surface area (Å²) >= 11 is 0. The third-order valence-electron chi connectivity index (χ3n) is 5.55. The van der Waals surface area contributed by atoms with E-state index in [1.165, 1.54) is 24.8 Å². The Bertz CT molecular complexity index is 772. The summed E-state index contributed by atoms with van der Waals surface area (Å²) in [5.74, 6) is 0.556. The summed E-state index contributed by atoms with van der Waals surface area (Å²) < 4.78 is 0. The molecule has 2 heterocycles. The van der Waals surface area contributed by atoms with Gasteiger partial charge in [0.1, 0.15) is 0 Å². The lowest BCUT2D eigenvalue weighted by molar-refractivity contribution is 0.197. The van der Waals surface area contributed by atoms with E-state index in [9.17, 15) is 9.59 Å². The molecule has 0 saturated carbocycles. The Hall–Kier alpha value is -2.35. The van der Waals surface area contributed by atoms with Crippen LogP contribution < -0.4 is 15.8 Å². The maximum atomic E-state index is 12.4. The molecule has 0 spiro atoms. The average molecular weight is 389 g/mol. The fourth-order valence-electron chi connectivity index (χ4n) is 3.86. The van der Waals surface area contributed by atoms with Gasteiger partial charge in [0, 0.05) is 52.4 Å². The first kappa shape index (κ1) is 20.4. The highest BCUT2D eigenvalue weighted by Gasteiger charge is 2.29. The van der Waals surface area contributed by atoms with Gasteiger partial charge in [-0.25, -0.2) is 9.78 Å². The molecule has 1 aliphatic carbocycles. The minimum absolute atomic E-state index is 0.0265. The standard InChI is InChI=1S/C20H32N6O2/c1-24(2)19-22-16(12-18(27)23-19)13-25(3)17-9-11-26(14-17)20(28)21-10-8-15-6-4-5-7-15/h6,12,17H,4-5,7-11,13-14H2,1-3H3,(H,21,28)(H,22,23,27)/t17-/m1/s1. The van der Waals surface area contributed by atoms with Crippen LogP contribution in [0.4, 0.5) is 10.7 Å². The van der Waals surface area contributed by atoms with Crippen molar-refractivity contribution in [3.05, 3.63) is 33.8 Å². The zero-order valence-electron chi connectivity index (χ0n) is 17.2. The highest BCUT2D eigenvalue weighted by Crippen LogP contribution is 2.20. The lowest BCUT2D eigenvalue weighted by Crippen LogP contribution is -2.41. The number of likely N-dealkylation sites (N-methyl/N-ethyl adjacent to an activating group) is 1. The summed E-state index contributed by atoms with van der Waals surface area (Å²) in [6, 6.07) is 1.84. The zero-order valence-corrected chi connectivity index (χ0v) is 17.2. The number of amides is 2. The summed E-state index contributed by atoms with van der Waals surface area (Å²) in [5, 5.41) is 3.05. The number of urea groups is 1. The van der Waals surface area contributed by atoms with Crippen LogP contribution in [0.5, 0.6) is 0 Å². The Labute approximate surface area is 166 Å². The van der Waals surface area contributed by atoms with Crippen LogP contribution in [0.2, 0.25) is 0 Å². The van der Waals surface area contributed by atoms with Crippen molar-refractivity contribution in [3.8, 4) is 0 Å². The number of allylic oxidation sites excluding steroid dienone is 1. The number of rotatable bonds is 7. The van der Waals surface area contributed by atoms with Crippen molar-refractivity contribution in [1.29, 1.82) is 0 Å². The fourth-order valence-corrected chi connectivity index (χ4v) is 3.86. The van der Waals surface area contributed by atoms with Gasteiger partial charge < -0.3 is 15.1 Å². The van der Waals surface area contributed by atoms with Crippen molar-refractivity contribution < 1.29 is 4.79 Å². The van der Waals surface area contributed by atoms with Gasteiger partial charge in [-0.3, -0.25) is 14.7 Å². The maximum absolute atomic E-state index is 12.4. The summed E-state index contributed by atoms with van der Waals surface area (Å²) in [5.41, 5.74) is 2.07. The molecule has 2 amide bonds. The van der Waals surface area contributed by atoms with Crippen LogP contribution in [0.3, 0.4) is 0 Å². The predicted molar refractivity (Wildman–Crippen MR) is 111 cm³/mol. The number of H-pyrrole nitrogens is 1. The topological polar surface area (TPSA) is 84.6 Å². The maximum Gasteiger partial charge on any atom is 0.317 e. The number of carbonyl (C=O) groups is 1. The number of carbonyl (C=O) groups excluding carboxylic acids is 1. The largest absolute Gasteiger partial charge is 0.348 e. The van der Waals surface area contributed by atoms with E-state index in [4.69, 9.17) is 0 Å². The van der Waals surface area contributed by atoms with Gasteiger partial charge in [0.15, 0.2) is 0 Å². The fraction of sp³-hybridized carbons (Fsp3) is 0.650. The second kappa shape index (κ2) is 9.23. The quantitative estimate of drug-likeness (QED) is 0.693. The molecule has 0 radical (unpaired) electrons. The van der Waals surface area contributed by atoms with Crippen molar-refractivity contribution in [2.45, 2.75) is 44.7 Å². The minimum Gasteiger partial charge on any atom is -0.348 e. The van der Waals surface area contributed by atoms with Gasteiger partial charge in [-0.1, -0.05) is 11.6 Å². The molecule has 154 valence electrons. The van der Waals surface area contributed by atoms with Crippen molar-refractivity contribution in [2.75, 3.05) is 45.7 Å². The summed E-state index contributed by atoms with van der Waals surface area (Å²) in [6.07, 6.45) is 7.81. The number of aromatic nitrogens is 2. The van der Waals surface area contributed by atoms with E-state index in [0.717, 1.165) is 25.1 Å². The van der Waals surface area contributed by atoms with Crippen LogP contribution in [0, 0.1) is 0 Å². The number of nitrogens with one attached hydrogen (secondary N) is 2. The van der Waals surface area contributed by atoms with E-state index in [2.05, 4.69) is 26.3 Å². The zero-order chi connectivity index (χ0) is 20.1. The van der Waals surface area contributed by atoms with Crippen LogP contribution in [-0.4, -0.2) is 72.6 Å². The number of likely N-dealkylation sites (tertiary alicyclic amines) is 1. The predicted octanol–water partition coefficient (Wildman–Crippen LogP) is 1.55. The Kier molecular flexibility index (Phi) is 6.72. The molecule has 1 aromatic rings. The SMILES string of the molecule is CN(C)c1nc(CN(C)[C@@H]2CCN(C(=O)NCCC3=CCCC3)C2)cc(=O)[nH]1. The third-order valence-corrected chi connectivity index (χ3v) is 5.55. The first-order valence-corrected chi connectivity index (χ1v) is 10.1. The number of aromatic amines is 1. The van der Waals surface area contributed by atoms with E-state index in [1.54, 1.807) is 11.0 Å². The molecular weight excluding hydrogens is 356 g/mol. The van der Waals surface area contributed by atoms with E-state index in [-0.39, 0.29) is 17.6 Å². The first-order valence-electron chi connectivity index (χ1n) is 10.1. The highest BCUT2D eigenvalue weighted by atomic mass is 16.2. The van der Waals surface area contributed by atoms with Gasteiger partial charge >= 0.3 is 6.03 Å². The number of hydrogen-bond donors (Lipinski definition) is 2. The van der Waals surface area contributed by atoms with Gasteiger partial charge in [-0.05, 0) is 39.2 Å². The monoisotopic (exact) mass is 388 g/mol. The minimum atomic E-state index is -0.146. The number of hydrogen-bond acceptors (Lipinski definition) is 5. The molecule has 1 atom stereocenters. The van der Waals surface area contributed by atoms with E-state index < -0.39 is 0 Å². The van der Waals surface area contributed by atoms with Crippen molar-refractivity contribution >= 4 is 12.0 Å². The van der Waals surface area contributed by atoms with E-state index in [1.807, 2.05) is 26.0 Å². The Morgan fingerprint density at radius 1 is 1.39 bits per heavy atom. The van der Waals surface area contributed by atoms with Gasteiger partial charge in [0.25, 0.3) is 5.56 Å². The lowest BCUT2D eigenvalue weighted by atomic mass is 10.2. The smallest absolute Gasteiger partial charge is 0.317 e. The second-order valence-corrected chi connectivity index (χ2v) is 7.99. The molecule has 2 aliphatic rings. The van der Waals surface area contributed by atoms with Gasteiger partial charge in [0.05, 0.1) is 5.69 Å². The third kappa shape index (κ3) is 5.34. The van der Waals surface area contributed by atoms with Crippen LogP contribution in [0.15, 0.2) is 22.5 Å². The van der Waals surface area contributed by atoms with Crippen LogP contribution >= 0.6 is 0 Å². The molecule has 28 heavy (non-hydrogen) atoms. The Balaban J connectivity index is 1.47. The van der Waals surface area contributed by atoms with Crippen LogP contribution in [0.1, 0.15) is 37.8 Å². The summed E-state index contributed by atoms with van der Waals surface area (Å²) in [4.78, 5) is 37.4. The molecule has 3 rings (SSSR count). The second-order valence-electron chi connectivity index (χ2n) is 7.99. The Morgan fingerprint density at radius 3 is 2.93 bits per heavy atom. The van der Waals surface area contributed by atoms with Gasteiger partial charge in [0.2, 0.25) is 5.95 Å². The molecule has 0 aromatic carbocycles. The number of anilines is 1. The van der Waals surface area contributed by atoms with Crippen LogP contribution in [-0.2, 0) is 6.54 Å². The highest BCUT2D eigenvalue weighted by molar-refractivity contribution is 5.74. The first-order chi connectivity index (χ1) is 13.4. The van der Waals surface area contributed by atoms with Crippen molar-refractivity contribution in [3.63, 3.8) is 0 Å². The van der Waals surface area contributed by atoms with Gasteiger partial charge in [-0.15, -0.1) is 0 Å². The molecule has 1 aliphatic heterocycles. The van der Waals surface area contributed by atoms with Gasteiger partial charge in [-0.2, -0.15) is 0 Å². The van der Waals surface area contributed by atoms with Crippen molar-refractivity contribution in [2.24, 2.45) is 0 Å². The van der Waals surface area contributed by atoms with Crippen molar-refractivity contribution in [1.82, 2.24) is 25.1 Å². The molecular formula is C20H32N6O2.